The fourth-order valence-corrected chi connectivity index (χ4v) is 1.84. The molecule has 4 nitrogen and oxygen atoms in total. The van der Waals surface area contributed by atoms with Crippen molar-refractivity contribution in [3.63, 3.8) is 0 Å². The minimum Gasteiger partial charge on any atom is -0.378 e. The maximum Gasteiger partial charge on any atom is 0.223 e. The van der Waals surface area contributed by atoms with Crippen LogP contribution in [0.15, 0.2) is 24.3 Å². The third kappa shape index (κ3) is 5.99. The fraction of sp³-hybridized carbons (Fsp3) is 0.471. The third-order valence-electron chi connectivity index (χ3n) is 3.26. The summed E-state index contributed by atoms with van der Waals surface area (Å²) >= 11 is 0. The zero-order chi connectivity index (χ0) is 15.9. The van der Waals surface area contributed by atoms with E-state index in [-0.39, 0.29) is 11.9 Å². The van der Waals surface area contributed by atoms with Gasteiger partial charge >= 0.3 is 0 Å². The number of nitrogens with one attached hydrogen (secondary N) is 1. The molecule has 0 aliphatic heterocycles. The SMILES string of the molecule is COC(C)(C)CC(=O)NC(C)c1ccc(C#CCN)cc1. The van der Waals surface area contributed by atoms with Gasteiger partial charge in [0.25, 0.3) is 0 Å². The number of carbonyl (C=O) groups is 1. The van der Waals surface area contributed by atoms with Gasteiger partial charge in [-0.1, -0.05) is 24.0 Å². The lowest BCUT2D eigenvalue weighted by Gasteiger charge is -2.23. The topological polar surface area (TPSA) is 64.3 Å². The van der Waals surface area contributed by atoms with Gasteiger partial charge in [0.2, 0.25) is 5.91 Å². The number of methoxy groups -OCH3 is 1. The molecule has 1 aromatic rings. The monoisotopic (exact) mass is 288 g/mol. The van der Waals surface area contributed by atoms with Gasteiger partial charge < -0.3 is 15.8 Å². The lowest BCUT2D eigenvalue weighted by molar-refractivity contribution is -0.126. The molecule has 0 aliphatic rings. The molecule has 0 aliphatic carbocycles. The Kier molecular flexibility index (Phi) is 6.41. The highest BCUT2D eigenvalue weighted by Crippen LogP contribution is 2.16. The summed E-state index contributed by atoms with van der Waals surface area (Å²) in [5.74, 6) is 5.76. The normalized spacial score (nSPS) is 12.2. The van der Waals surface area contributed by atoms with E-state index in [1.54, 1.807) is 7.11 Å². The largest absolute Gasteiger partial charge is 0.378 e. The Balaban J connectivity index is 2.63. The summed E-state index contributed by atoms with van der Waals surface area (Å²) in [6, 6.07) is 7.74. The van der Waals surface area contributed by atoms with E-state index in [4.69, 9.17) is 10.5 Å². The average molecular weight is 288 g/mol. The molecule has 0 fully saturated rings. The lowest BCUT2D eigenvalue weighted by atomic mass is 10.0. The second-order valence-electron chi connectivity index (χ2n) is 5.56. The van der Waals surface area contributed by atoms with Crippen LogP contribution >= 0.6 is 0 Å². The Labute approximate surface area is 127 Å². The highest BCUT2D eigenvalue weighted by atomic mass is 16.5. The molecule has 0 aromatic heterocycles. The molecule has 21 heavy (non-hydrogen) atoms. The van der Waals surface area contributed by atoms with Crippen LogP contribution in [0.3, 0.4) is 0 Å². The Bertz CT molecular complexity index is 524. The number of carbonyl (C=O) groups excluding carboxylic acids is 1. The zero-order valence-corrected chi connectivity index (χ0v) is 13.2. The summed E-state index contributed by atoms with van der Waals surface area (Å²) in [4.78, 5) is 12.0. The molecule has 1 aromatic carbocycles. The van der Waals surface area contributed by atoms with Crippen molar-refractivity contribution in [2.24, 2.45) is 5.73 Å². The molecule has 1 unspecified atom stereocenters. The van der Waals surface area contributed by atoms with Crippen LogP contribution in [0.4, 0.5) is 0 Å². The highest BCUT2D eigenvalue weighted by molar-refractivity contribution is 5.77. The van der Waals surface area contributed by atoms with E-state index in [0.717, 1.165) is 11.1 Å². The van der Waals surface area contributed by atoms with Gasteiger partial charge in [-0.25, -0.2) is 0 Å². The number of hydrogen-bond donors (Lipinski definition) is 2. The van der Waals surface area contributed by atoms with Crippen molar-refractivity contribution in [3.05, 3.63) is 35.4 Å². The molecule has 0 bridgehead atoms. The van der Waals surface area contributed by atoms with Crippen LogP contribution in [0.1, 0.15) is 44.4 Å². The summed E-state index contributed by atoms with van der Waals surface area (Å²) < 4.78 is 5.26. The maximum atomic E-state index is 12.0. The molecule has 0 saturated heterocycles. The molecule has 0 radical (unpaired) electrons. The number of rotatable bonds is 5. The van der Waals surface area contributed by atoms with Gasteiger partial charge in [0.15, 0.2) is 0 Å². The van der Waals surface area contributed by atoms with Gasteiger partial charge in [-0.15, -0.1) is 0 Å². The second-order valence-corrected chi connectivity index (χ2v) is 5.56. The van der Waals surface area contributed by atoms with E-state index in [2.05, 4.69) is 17.2 Å². The van der Waals surface area contributed by atoms with Crippen LogP contribution in [0.2, 0.25) is 0 Å². The van der Waals surface area contributed by atoms with Crippen LogP contribution < -0.4 is 11.1 Å². The minimum atomic E-state index is -0.453. The average Bonchev–Trinajstić information content (AvgIpc) is 2.45. The van der Waals surface area contributed by atoms with Crippen LogP contribution in [0, 0.1) is 11.8 Å². The van der Waals surface area contributed by atoms with Gasteiger partial charge in [-0.05, 0) is 38.5 Å². The molecule has 1 atom stereocenters. The first kappa shape index (κ1) is 17.2. The van der Waals surface area contributed by atoms with Crippen molar-refractivity contribution in [3.8, 4) is 11.8 Å². The maximum absolute atomic E-state index is 12.0. The second kappa shape index (κ2) is 7.82. The first-order chi connectivity index (χ1) is 9.88. The van der Waals surface area contributed by atoms with Gasteiger partial charge in [-0.3, -0.25) is 4.79 Å². The summed E-state index contributed by atoms with van der Waals surface area (Å²) in [7, 11) is 1.61. The van der Waals surface area contributed by atoms with Crippen LogP contribution in [0.5, 0.6) is 0 Å². The fourth-order valence-electron chi connectivity index (χ4n) is 1.84. The van der Waals surface area contributed by atoms with E-state index in [1.807, 2.05) is 45.0 Å². The van der Waals surface area contributed by atoms with E-state index in [0.29, 0.717) is 13.0 Å². The van der Waals surface area contributed by atoms with Crippen LogP contribution in [-0.4, -0.2) is 25.2 Å². The van der Waals surface area contributed by atoms with E-state index < -0.39 is 5.60 Å². The first-order valence-corrected chi connectivity index (χ1v) is 7.01. The molecule has 1 rings (SSSR count). The standard InChI is InChI=1S/C17H24N2O2/c1-13(19-16(20)12-17(2,3)21-4)15-9-7-14(8-10-15)6-5-11-18/h7-10,13H,11-12,18H2,1-4H3,(H,19,20). The molecule has 0 heterocycles. The molecular formula is C17H24N2O2. The number of ether oxygens (including phenoxy) is 1. The van der Waals surface area contributed by atoms with E-state index >= 15 is 0 Å². The number of hydrogen-bond acceptors (Lipinski definition) is 3. The van der Waals surface area contributed by atoms with Crippen molar-refractivity contribution < 1.29 is 9.53 Å². The molecule has 1 amide bonds. The molecule has 4 heteroatoms. The van der Waals surface area contributed by atoms with Gasteiger partial charge in [-0.2, -0.15) is 0 Å². The highest BCUT2D eigenvalue weighted by Gasteiger charge is 2.22. The van der Waals surface area contributed by atoms with Crippen molar-refractivity contribution >= 4 is 5.91 Å². The van der Waals surface area contributed by atoms with Crippen molar-refractivity contribution in [2.45, 2.75) is 38.8 Å². The Morgan fingerprint density at radius 1 is 1.38 bits per heavy atom. The van der Waals surface area contributed by atoms with Gasteiger partial charge in [0.05, 0.1) is 24.6 Å². The molecule has 0 saturated carbocycles. The van der Waals surface area contributed by atoms with Crippen molar-refractivity contribution in [2.75, 3.05) is 13.7 Å². The molecular weight excluding hydrogens is 264 g/mol. The summed E-state index contributed by atoms with van der Waals surface area (Å²) in [6.45, 7) is 6.09. The van der Waals surface area contributed by atoms with E-state index in [9.17, 15) is 4.79 Å². The Morgan fingerprint density at radius 2 is 2.00 bits per heavy atom. The minimum absolute atomic E-state index is 0.0265. The zero-order valence-electron chi connectivity index (χ0n) is 13.2. The van der Waals surface area contributed by atoms with Crippen molar-refractivity contribution in [1.82, 2.24) is 5.32 Å². The summed E-state index contributed by atoms with van der Waals surface area (Å²) in [6.07, 6.45) is 0.327. The van der Waals surface area contributed by atoms with E-state index in [1.165, 1.54) is 0 Å². The molecule has 0 spiro atoms. The quantitative estimate of drug-likeness (QED) is 0.814. The van der Waals surface area contributed by atoms with Crippen LogP contribution in [-0.2, 0) is 9.53 Å². The molecule has 114 valence electrons. The van der Waals surface area contributed by atoms with Gasteiger partial charge in [0.1, 0.15) is 0 Å². The lowest BCUT2D eigenvalue weighted by Crippen LogP contribution is -2.34. The molecule has 3 N–H and O–H groups in total. The predicted octanol–water partition coefficient (Wildman–Crippen LogP) is 1.99. The predicted molar refractivity (Wildman–Crippen MR) is 84.6 cm³/mol. The third-order valence-corrected chi connectivity index (χ3v) is 3.26. The van der Waals surface area contributed by atoms with Crippen molar-refractivity contribution in [1.29, 1.82) is 0 Å². The smallest absolute Gasteiger partial charge is 0.223 e. The summed E-state index contributed by atoms with van der Waals surface area (Å²) in [5.41, 5.74) is 6.85. The Hall–Kier alpha value is -1.83. The number of amides is 1. The number of nitrogens with two attached hydrogens (primary N) is 1. The Morgan fingerprint density at radius 3 is 2.52 bits per heavy atom. The number of benzene rings is 1. The summed E-state index contributed by atoms with van der Waals surface area (Å²) in [5, 5.41) is 2.97. The van der Waals surface area contributed by atoms with Gasteiger partial charge in [0, 0.05) is 12.7 Å². The van der Waals surface area contributed by atoms with Crippen LogP contribution in [0.25, 0.3) is 0 Å². The first-order valence-electron chi connectivity index (χ1n) is 7.01.